The maximum Gasteiger partial charge on any atom is 0.120 e. The molecule has 0 saturated carbocycles. The van der Waals surface area contributed by atoms with Crippen LogP contribution in [0.3, 0.4) is 0 Å². The van der Waals surface area contributed by atoms with Crippen LogP contribution in [0.4, 0.5) is 5.69 Å². The fourth-order valence-electron chi connectivity index (χ4n) is 2.38. The summed E-state index contributed by atoms with van der Waals surface area (Å²) in [5, 5.41) is 0. The van der Waals surface area contributed by atoms with Gasteiger partial charge < -0.3 is 20.1 Å². The van der Waals surface area contributed by atoms with Crippen LogP contribution in [0.1, 0.15) is 11.6 Å². The van der Waals surface area contributed by atoms with Crippen LogP contribution >= 0.6 is 0 Å². The highest BCUT2D eigenvalue weighted by Gasteiger charge is 2.17. The summed E-state index contributed by atoms with van der Waals surface area (Å²) in [7, 11) is 5.37. The molecule has 0 fully saturated rings. The van der Waals surface area contributed by atoms with Gasteiger partial charge in [0.05, 0.1) is 20.3 Å². The quantitative estimate of drug-likeness (QED) is 0.887. The number of nitrogens with zero attached hydrogens (tertiary/aromatic N) is 1. The van der Waals surface area contributed by atoms with Crippen LogP contribution in [-0.4, -0.2) is 27.8 Å². The number of hydrogen-bond donors (Lipinski definition) is 1. The highest BCUT2D eigenvalue weighted by atomic mass is 16.5. The maximum atomic E-state index is 5.99. The van der Waals surface area contributed by atoms with Gasteiger partial charge in [-0.1, -0.05) is 18.2 Å². The molecule has 112 valence electrons. The second-order valence-corrected chi connectivity index (χ2v) is 4.84. The van der Waals surface area contributed by atoms with Crippen molar-refractivity contribution in [2.24, 2.45) is 5.73 Å². The Labute approximate surface area is 126 Å². The Hall–Kier alpha value is -2.20. The molecule has 1 unspecified atom stereocenters. The number of likely N-dealkylation sites (N-methyl/N-ethyl adjacent to an activating group) is 1. The summed E-state index contributed by atoms with van der Waals surface area (Å²) < 4.78 is 10.6. The highest BCUT2D eigenvalue weighted by molar-refractivity contribution is 5.52. The highest BCUT2D eigenvalue weighted by Crippen LogP contribution is 2.29. The molecule has 2 aromatic carbocycles. The molecular weight excluding hydrogens is 264 g/mol. The van der Waals surface area contributed by atoms with Crippen molar-refractivity contribution in [1.82, 2.24) is 0 Å². The molecule has 0 aromatic heterocycles. The molecule has 0 bridgehead atoms. The zero-order valence-electron chi connectivity index (χ0n) is 12.7. The molecule has 21 heavy (non-hydrogen) atoms. The first-order valence-electron chi connectivity index (χ1n) is 6.90. The lowest BCUT2D eigenvalue weighted by Gasteiger charge is -2.30. The zero-order valence-corrected chi connectivity index (χ0v) is 12.7. The lowest BCUT2D eigenvalue weighted by molar-refractivity contribution is 0.413. The Morgan fingerprint density at radius 1 is 1.00 bits per heavy atom. The summed E-state index contributed by atoms with van der Waals surface area (Å²) >= 11 is 0. The number of hydrogen-bond acceptors (Lipinski definition) is 4. The van der Waals surface area contributed by atoms with Gasteiger partial charge in [-0.15, -0.1) is 0 Å². The van der Waals surface area contributed by atoms with Gasteiger partial charge in [-0.25, -0.2) is 0 Å². The SMILES string of the molecule is COc1cccc(C(CN)N(C)c2cccc(OC)c2)c1. The van der Waals surface area contributed by atoms with Crippen molar-refractivity contribution < 1.29 is 9.47 Å². The van der Waals surface area contributed by atoms with Gasteiger partial charge in [0.2, 0.25) is 0 Å². The Morgan fingerprint density at radius 2 is 1.62 bits per heavy atom. The van der Waals surface area contributed by atoms with Gasteiger partial charge in [0, 0.05) is 25.3 Å². The second kappa shape index (κ2) is 6.99. The summed E-state index contributed by atoms with van der Waals surface area (Å²) in [6.45, 7) is 0.515. The number of anilines is 1. The van der Waals surface area contributed by atoms with E-state index in [0.29, 0.717) is 6.54 Å². The van der Waals surface area contributed by atoms with E-state index in [9.17, 15) is 0 Å². The Kier molecular flexibility index (Phi) is 5.06. The van der Waals surface area contributed by atoms with E-state index in [0.717, 1.165) is 22.7 Å². The zero-order chi connectivity index (χ0) is 15.2. The number of rotatable bonds is 6. The molecule has 2 N–H and O–H groups in total. The van der Waals surface area contributed by atoms with Crippen LogP contribution in [0.25, 0.3) is 0 Å². The Morgan fingerprint density at radius 3 is 2.24 bits per heavy atom. The lowest BCUT2D eigenvalue weighted by atomic mass is 10.0. The first-order chi connectivity index (χ1) is 10.2. The minimum atomic E-state index is 0.0761. The van der Waals surface area contributed by atoms with Crippen molar-refractivity contribution in [3.63, 3.8) is 0 Å². The van der Waals surface area contributed by atoms with Crippen molar-refractivity contribution in [3.8, 4) is 11.5 Å². The number of ether oxygens (including phenoxy) is 2. The fourth-order valence-corrected chi connectivity index (χ4v) is 2.38. The third-order valence-corrected chi connectivity index (χ3v) is 3.63. The third kappa shape index (κ3) is 3.47. The summed E-state index contributed by atoms with van der Waals surface area (Å²) in [6, 6.07) is 16.0. The standard InChI is InChI=1S/C17H22N2O2/c1-19(14-7-5-9-16(11-14)21-3)17(12-18)13-6-4-8-15(10-13)20-2/h4-11,17H,12,18H2,1-3H3. The van der Waals surface area contributed by atoms with Crippen molar-refractivity contribution >= 4 is 5.69 Å². The number of benzene rings is 2. The van der Waals surface area contributed by atoms with Crippen molar-refractivity contribution in [2.45, 2.75) is 6.04 Å². The topological polar surface area (TPSA) is 47.7 Å². The normalized spacial score (nSPS) is 11.8. The molecule has 0 radical (unpaired) electrons. The molecule has 0 amide bonds. The van der Waals surface area contributed by atoms with Gasteiger partial charge >= 0.3 is 0 Å². The molecular formula is C17H22N2O2. The van der Waals surface area contributed by atoms with Crippen molar-refractivity contribution in [2.75, 3.05) is 32.7 Å². The van der Waals surface area contributed by atoms with Crippen LogP contribution in [0.15, 0.2) is 48.5 Å². The van der Waals surface area contributed by atoms with Crippen molar-refractivity contribution in [1.29, 1.82) is 0 Å². The maximum absolute atomic E-state index is 5.99. The van der Waals surface area contributed by atoms with E-state index in [-0.39, 0.29) is 6.04 Å². The number of methoxy groups -OCH3 is 2. The van der Waals surface area contributed by atoms with Gasteiger partial charge in [0.25, 0.3) is 0 Å². The van der Waals surface area contributed by atoms with Crippen LogP contribution in [-0.2, 0) is 0 Å². The van der Waals surface area contributed by atoms with Crippen LogP contribution < -0.4 is 20.1 Å². The summed E-state index contributed by atoms with van der Waals surface area (Å²) in [5.74, 6) is 1.67. The van der Waals surface area contributed by atoms with E-state index in [1.54, 1.807) is 14.2 Å². The van der Waals surface area contributed by atoms with Gasteiger partial charge in [0.15, 0.2) is 0 Å². The molecule has 0 aliphatic carbocycles. The minimum absolute atomic E-state index is 0.0761. The molecule has 0 heterocycles. The predicted molar refractivity (Wildman–Crippen MR) is 86.2 cm³/mol. The first-order valence-corrected chi connectivity index (χ1v) is 6.90. The largest absolute Gasteiger partial charge is 0.497 e. The minimum Gasteiger partial charge on any atom is -0.497 e. The molecule has 2 aromatic rings. The van der Waals surface area contributed by atoms with Crippen LogP contribution in [0.2, 0.25) is 0 Å². The van der Waals surface area contributed by atoms with Gasteiger partial charge in [-0.3, -0.25) is 0 Å². The van der Waals surface area contributed by atoms with Crippen LogP contribution in [0.5, 0.6) is 11.5 Å². The molecule has 2 rings (SSSR count). The smallest absolute Gasteiger partial charge is 0.120 e. The average Bonchev–Trinajstić information content (AvgIpc) is 2.55. The molecule has 0 aliphatic heterocycles. The Balaban J connectivity index is 2.30. The predicted octanol–water partition coefficient (Wildman–Crippen LogP) is 2.84. The molecule has 0 spiro atoms. The molecule has 0 aliphatic rings. The average molecular weight is 286 g/mol. The van der Waals surface area contributed by atoms with E-state index in [1.165, 1.54) is 0 Å². The second-order valence-electron chi connectivity index (χ2n) is 4.84. The fraction of sp³-hybridized carbons (Fsp3) is 0.294. The summed E-state index contributed by atoms with van der Waals surface area (Å²) in [5.41, 5.74) is 8.18. The van der Waals surface area contributed by atoms with E-state index in [4.69, 9.17) is 15.2 Å². The summed E-state index contributed by atoms with van der Waals surface area (Å²) in [6.07, 6.45) is 0. The molecule has 4 nitrogen and oxygen atoms in total. The van der Waals surface area contributed by atoms with E-state index in [1.807, 2.05) is 49.5 Å². The van der Waals surface area contributed by atoms with E-state index < -0.39 is 0 Å². The first kappa shape index (κ1) is 15.2. The molecule has 0 saturated heterocycles. The monoisotopic (exact) mass is 286 g/mol. The van der Waals surface area contributed by atoms with Gasteiger partial charge in [-0.2, -0.15) is 0 Å². The van der Waals surface area contributed by atoms with E-state index >= 15 is 0 Å². The lowest BCUT2D eigenvalue weighted by Crippen LogP contribution is -2.30. The number of nitrogens with two attached hydrogens (primary N) is 1. The van der Waals surface area contributed by atoms with E-state index in [2.05, 4.69) is 11.0 Å². The molecule has 4 heteroatoms. The van der Waals surface area contributed by atoms with Gasteiger partial charge in [0.1, 0.15) is 11.5 Å². The molecule has 1 atom stereocenters. The Bertz CT molecular complexity index is 587. The van der Waals surface area contributed by atoms with Crippen LogP contribution in [0, 0.1) is 0 Å². The van der Waals surface area contributed by atoms with Crippen molar-refractivity contribution in [3.05, 3.63) is 54.1 Å². The third-order valence-electron chi connectivity index (χ3n) is 3.63. The van der Waals surface area contributed by atoms with Gasteiger partial charge in [-0.05, 0) is 29.8 Å². The summed E-state index contributed by atoms with van der Waals surface area (Å²) in [4.78, 5) is 2.15.